The van der Waals surface area contributed by atoms with E-state index in [4.69, 9.17) is 0 Å². The molecule has 2 aromatic rings. The summed E-state index contributed by atoms with van der Waals surface area (Å²) >= 11 is 0. The van der Waals surface area contributed by atoms with Gasteiger partial charge in [-0.3, -0.25) is 9.78 Å². The summed E-state index contributed by atoms with van der Waals surface area (Å²) in [4.78, 5) is 18.3. The van der Waals surface area contributed by atoms with Crippen molar-refractivity contribution in [3.05, 3.63) is 59.9 Å². The SMILES string of the molecule is Cc1cnccc1N1CC[C@H](O)[C@@](Cc2ccccc2)(C(=O)O)C1. The highest BCUT2D eigenvalue weighted by molar-refractivity contribution is 5.77. The first-order valence-corrected chi connectivity index (χ1v) is 8.14. The Hall–Kier alpha value is -2.40. The van der Waals surface area contributed by atoms with Crippen LogP contribution >= 0.6 is 0 Å². The van der Waals surface area contributed by atoms with Crippen molar-refractivity contribution < 1.29 is 15.0 Å². The van der Waals surface area contributed by atoms with Gasteiger partial charge in [-0.15, -0.1) is 0 Å². The van der Waals surface area contributed by atoms with Crippen molar-refractivity contribution in [3.8, 4) is 0 Å². The number of pyridine rings is 1. The molecule has 2 N–H and O–H groups in total. The molecule has 5 heteroatoms. The average molecular weight is 326 g/mol. The number of hydrogen-bond donors (Lipinski definition) is 2. The van der Waals surface area contributed by atoms with E-state index in [0.29, 0.717) is 19.4 Å². The molecule has 1 aromatic carbocycles. The molecule has 0 unspecified atom stereocenters. The van der Waals surface area contributed by atoms with Gasteiger partial charge in [0.2, 0.25) is 0 Å². The molecule has 0 radical (unpaired) electrons. The first kappa shape index (κ1) is 16.5. The topological polar surface area (TPSA) is 73.7 Å². The van der Waals surface area contributed by atoms with Gasteiger partial charge < -0.3 is 15.1 Å². The van der Waals surface area contributed by atoms with Crippen LogP contribution in [0.25, 0.3) is 0 Å². The maximum absolute atomic E-state index is 12.2. The lowest BCUT2D eigenvalue weighted by atomic mass is 9.72. The van der Waals surface area contributed by atoms with Crippen LogP contribution in [0, 0.1) is 12.3 Å². The van der Waals surface area contributed by atoms with Crippen LogP contribution < -0.4 is 4.90 Å². The van der Waals surface area contributed by atoms with Crippen LogP contribution in [0.5, 0.6) is 0 Å². The second-order valence-electron chi connectivity index (χ2n) is 6.51. The number of carboxylic acid groups (broad SMARTS) is 1. The van der Waals surface area contributed by atoms with E-state index in [1.165, 1.54) is 0 Å². The lowest BCUT2D eigenvalue weighted by molar-refractivity contribution is -0.157. The number of aryl methyl sites for hydroxylation is 1. The highest BCUT2D eigenvalue weighted by Crippen LogP contribution is 2.37. The van der Waals surface area contributed by atoms with Gasteiger partial charge in [0.15, 0.2) is 0 Å². The van der Waals surface area contributed by atoms with E-state index in [0.717, 1.165) is 16.8 Å². The predicted molar refractivity (Wildman–Crippen MR) is 92.0 cm³/mol. The van der Waals surface area contributed by atoms with Gasteiger partial charge in [-0.2, -0.15) is 0 Å². The minimum absolute atomic E-state index is 0.281. The number of carboxylic acids is 1. The molecule has 0 spiro atoms. The predicted octanol–water partition coefficient (Wildman–Crippen LogP) is 2.27. The van der Waals surface area contributed by atoms with E-state index >= 15 is 0 Å². The van der Waals surface area contributed by atoms with Crippen LogP contribution in [0.3, 0.4) is 0 Å². The first-order chi connectivity index (χ1) is 11.5. The summed E-state index contributed by atoms with van der Waals surface area (Å²) < 4.78 is 0. The number of nitrogens with zero attached hydrogens (tertiary/aromatic N) is 2. The number of hydrogen-bond acceptors (Lipinski definition) is 4. The van der Waals surface area contributed by atoms with Gasteiger partial charge in [0.05, 0.1) is 6.10 Å². The zero-order valence-corrected chi connectivity index (χ0v) is 13.7. The molecule has 3 rings (SSSR count). The van der Waals surface area contributed by atoms with Crippen LogP contribution in [0.1, 0.15) is 17.5 Å². The Morgan fingerprint density at radius 1 is 1.33 bits per heavy atom. The third-order valence-electron chi connectivity index (χ3n) is 4.90. The second-order valence-corrected chi connectivity index (χ2v) is 6.51. The highest BCUT2D eigenvalue weighted by atomic mass is 16.4. The van der Waals surface area contributed by atoms with Gasteiger partial charge in [-0.25, -0.2) is 0 Å². The molecule has 0 amide bonds. The number of benzene rings is 1. The number of aliphatic carboxylic acids is 1. The van der Waals surface area contributed by atoms with Crippen molar-refractivity contribution in [3.63, 3.8) is 0 Å². The molecule has 1 saturated heterocycles. The Labute approximate surface area is 141 Å². The summed E-state index contributed by atoms with van der Waals surface area (Å²) in [7, 11) is 0. The maximum Gasteiger partial charge on any atom is 0.314 e. The number of anilines is 1. The molecule has 1 aliphatic rings. The van der Waals surface area contributed by atoms with E-state index in [1.54, 1.807) is 12.4 Å². The molecular formula is C19H22N2O3. The normalized spacial score (nSPS) is 23.9. The summed E-state index contributed by atoms with van der Waals surface area (Å²) in [5, 5.41) is 20.5. The Balaban J connectivity index is 1.94. The van der Waals surface area contributed by atoms with Crippen molar-refractivity contribution in [2.75, 3.05) is 18.0 Å². The fourth-order valence-corrected chi connectivity index (χ4v) is 3.53. The van der Waals surface area contributed by atoms with Crippen LogP contribution in [-0.4, -0.2) is 40.4 Å². The Kier molecular flexibility index (Phi) is 4.53. The van der Waals surface area contributed by atoms with Crippen LogP contribution in [0.15, 0.2) is 48.8 Å². The molecule has 1 aliphatic heterocycles. The lowest BCUT2D eigenvalue weighted by Crippen LogP contribution is -2.57. The number of aliphatic hydroxyl groups is 1. The van der Waals surface area contributed by atoms with E-state index in [-0.39, 0.29) is 6.54 Å². The molecule has 2 atom stereocenters. The van der Waals surface area contributed by atoms with E-state index in [2.05, 4.69) is 9.88 Å². The van der Waals surface area contributed by atoms with Gasteiger partial charge >= 0.3 is 5.97 Å². The number of piperidine rings is 1. The van der Waals surface area contributed by atoms with Crippen LogP contribution in [0.4, 0.5) is 5.69 Å². The largest absolute Gasteiger partial charge is 0.481 e. The molecule has 1 aromatic heterocycles. The van der Waals surface area contributed by atoms with Crippen LogP contribution in [-0.2, 0) is 11.2 Å². The second kappa shape index (κ2) is 6.61. The maximum atomic E-state index is 12.2. The summed E-state index contributed by atoms with van der Waals surface area (Å²) in [6.07, 6.45) is 3.37. The summed E-state index contributed by atoms with van der Waals surface area (Å²) in [6.45, 7) is 2.88. The average Bonchev–Trinajstić information content (AvgIpc) is 2.58. The number of rotatable bonds is 4. The Bertz CT molecular complexity index is 720. The number of aromatic nitrogens is 1. The third kappa shape index (κ3) is 2.99. The highest BCUT2D eigenvalue weighted by Gasteiger charge is 2.49. The fraction of sp³-hybridized carbons (Fsp3) is 0.368. The van der Waals surface area contributed by atoms with Crippen molar-refractivity contribution >= 4 is 11.7 Å². The van der Waals surface area contributed by atoms with Crippen LogP contribution in [0.2, 0.25) is 0 Å². The lowest BCUT2D eigenvalue weighted by Gasteiger charge is -2.44. The van der Waals surface area contributed by atoms with Gasteiger partial charge in [0.25, 0.3) is 0 Å². The molecular weight excluding hydrogens is 304 g/mol. The molecule has 24 heavy (non-hydrogen) atoms. The summed E-state index contributed by atoms with van der Waals surface area (Å²) in [5.74, 6) is -0.949. The standard InChI is InChI=1S/C19H22N2O3/c1-14-12-20-9-7-16(14)21-10-8-17(22)19(13-21,18(23)24)11-15-5-3-2-4-6-15/h2-7,9,12,17,22H,8,10-11,13H2,1H3,(H,23,24)/t17-,19-/m0/s1. The number of carbonyl (C=O) groups is 1. The van der Waals surface area contributed by atoms with Gasteiger partial charge in [-0.1, -0.05) is 30.3 Å². The van der Waals surface area contributed by atoms with E-state index in [9.17, 15) is 15.0 Å². The number of aliphatic hydroxyl groups excluding tert-OH is 1. The van der Waals surface area contributed by atoms with Gasteiger partial charge in [0, 0.05) is 31.2 Å². The zero-order valence-electron chi connectivity index (χ0n) is 13.7. The van der Waals surface area contributed by atoms with Crippen molar-refractivity contribution in [1.82, 2.24) is 4.98 Å². The molecule has 126 valence electrons. The third-order valence-corrected chi connectivity index (χ3v) is 4.90. The molecule has 2 heterocycles. The molecule has 0 aliphatic carbocycles. The molecule has 0 bridgehead atoms. The smallest absolute Gasteiger partial charge is 0.314 e. The van der Waals surface area contributed by atoms with Crippen molar-refractivity contribution in [1.29, 1.82) is 0 Å². The summed E-state index contributed by atoms with van der Waals surface area (Å²) in [5.41, 5.74) is 1.70. The van der Waals surface area contributed by atoms with Crippen molar-refractivity contribution in [2.24, 2.45) is 5.41 Å². The van der Waals surface area contributed by atoms with Crippen molar-refractivity contribution in [2.45, 2.75) is 25.9 Å². The Morgan fingerprint density at radius 3 is 2.75 bits per heavy atom. The first-order valence-electron chi connectivity index (χ1n) is 8.14. The fourth-order valence-electron chi connectivity index (χ4n) is 3.53. The quantitative estimate of drug-likeness (QED) is 0.902. The minimum atomic E-state index is -1.21. The van der Waals surface area contributed by atoms with Gasteiger partial charge in [0.1, 0.15) is 5.41 Å². The van der Waals surface area contributed by atoms with E-state index in [1.807, 2.05) is 43.3 Å². The molecule has 5 nitrogen and oxygen atoms in total. The summed E-state index contributed by atoms with van der Waals surface area (Å²) in [6, 6.07) is 11.4. The minimum Gasteiger partial charge on any atom is -0.481 e. The van der Waals surface area contributed by atoms with E-state index < -0.39 is 17.5 Å². The molecule has 0 saturated carbocycles. The van der Waals surface area contributed by atoms with Gasteiger partial charge in [-0.05, 0) is 37.0 Å². The Morgan fingerprint density at radius 2 is 2.08 bits per heavy atom. The zero-order chi connectivity index (χ0) is 17.2. The molecule has 1 fully saturated rings. The monoisotopic (exact) mass is 326 g/mol.